The Morgan fingerprint density at radius 3 is 1.78 bits per heavy atom. The first-order valence-corrected chi connectivity index (χ1v) is 6.79. The van der Waals surface area contributed by atoms with Crippen molar-refractivity contribution in [2.75, 3.05) is 0 Å². The highest BCUT2D eigenvalue weighted by molar-refractivity contribution is 5.49. The topological polar surface area (TPSA) is 9.23 Å². The van der Waals surface area contributed by atoms with Gasteiger partial charge < -0.3 is 4.74 Å². The lowest BCUT2D eigenvalue weighted by Crippen LogP contribution is -2.02. The molecule has 90 valence electrons. The fourth-order valence-electron chi connectivity index (χ4n) is 3.58. The minimum Gasteiger partial charge on any atom is -0.457 e. The lowest BCUT2D eigenvalue weighted by Gasteiger charge is -2.18. The molecule has 1 fully saturated rings. The van der Waals surface area contributed by atoms with Crippen molar-refractivity contribution in [3.8, 4) is 11.5 Å². The normalized spacial score (nSPS) is 24.4. The van der Waals surface area contributed by atoms with Gasteiger partial charge in [-0.3, -0.25) is 0 Å². The molecule has 0 N–H and O–H groups in total. The summed E-state index contributed by atoms with van der Waals surface area (Å²) in [5.41, 5.74) is 2.80. The van der Waals surface area contributed by atoms with E-state index in [2.05, 4.69) is 48.5 Å². The zero-order valence-electron chi connectivity index (χ0n) is 10.3. The van der Waals surface area contributed by atoms with Gasteiger partial charge in [0, 0.05) is 0 Å². The van der Waals surface area contributed by atoms with Crippen molar-refractivity contribution in [3.05, 3.63) is 59.7 Å². The van der Waals surface area contributed by atoms with Gasteiger partial charge in [0.15, 0.2) is 0 Å². The molecule has 2 atom stereocenters. The first-order chi connectivity index (χ1) is 8.93. The first kappa shape index (κ1) is 10.2. The van der Waals surface area contributed by atoms with Gasteiger partial charge in [-0.2, -0.15) is 0 Å². The van der Waals surface area contributed by atoms with E-state index in [0.29, 0.717) is 11.8 Å². The van der Waals surface area contributed by atoms with Crippen LogP contribution in [-0.2, 0) is 0 Å². The van der Waals surface area contributed by atoms with Gasteiger partial charge in [-0.25, -0.2) is 0 Å². The molecule has 1 heteroatoms. The summed E-state index contributed by atoms with van der Waals surface area (Å²) in [5.74, 6) is 3.40. The SMILES string of the molecule is c1ccc2c(c1)Oc1ccccc1C1CCCC21. The average Bonchev–Trinajstić information content (AvgIpc) is 2.84. The third-order valence-electron chi connectivity index (χ3n) is 4.37. The molecule has 0 aromatic heterocycles. The van der Waals surface area contributed by atoms with Gasteiger partial charge >= 0.3 is 0 Å². The Labute approximate surface area is 107 Å². The van der Waals surface area contributed by atoms with Crippen LogP contribution in [0.25, 0.3) is 0 Å². The molecule has 4 rings (SSSR count). The molecule has 2 aromatic carbocycles. The zero-order valence-corrected chi connectivity index (χ0v) is 10.3. The summed E-state index contributed by atoms with van der Waals surface area (Å²) in [7, 11) is 0. The van der Waals surface area contributed by atoms with Crippen LogP contribution in [0.4, 0.5) is 0 Å². The van der Waals surface area contributed by atoms with E-state index in [0.717, 1.165) is 11.5 Å². The van der Waals surface area contributed by atoms with E-state index in [1.54, 1.807) is 0 Å². The third-order valence-corrected chi connectivity index (χ3v) is 4.37. The number of hydrogen-bond donors (Lipinski definition) is 0. The van der Waals surface area contributed by atoms with Gasteiger partial charge in [0.25, 0.3) is 0 Å². The average molecular weight is 236 g/mol. The highest BCUT2D eigenvalue weighted by atomic mass is 16.5. The van der Waals surface area contributed by atoms with Crippen molar-refractivity contribution >= 4 is 0 Å². The van der Waals surface area contributed by atoms with E-state index in [-0.39, 0.29) is 0 Å². The first-order valence-electron chi connectivity index (χ1n) is 6.79. The van der Waals surface area contributed by atoms with Crippen LogP contribution in [0.5, 0.6) is 11.5 Å². The minimum absolute atomic E-state index is 0.643. The Morgan fingerprint density at radius 2 is 1.22 bits per heavy atom. The predicted octanol–water partition coefficient (Wildman–Crippen LogP) is 4.84. The molecule has 2 aromatic rings. The molecule has 1 saturated carbocycles. The van der Waals surface area contributed by atoms with E-state index in [9.17, 15) is 0 Å². The van der Waals surface area contributed by atoms with E-state index in [4.69, 9.17) is 4.74 Å². The summed E-state index contributed by atoms with van der Waals surface area (Å²) in [6, 6.07) is 17.1. The Bertz CT molecular complexity index is 536. The predicted molar refractivity (Wildman–Crippen MR) is 72.3 cm³/mol. The smallest absolute Gasteiger partial charge is 0.130 e. The molecule has 1 nitrogen and oxygen atoms in total. The van der Waals surface area contributed by atoms with Gasteiger partial charge in [0.1, 0.15) is 11.5 Å². The number of fused-ring (bicyclic) bond motifs is 5. The lowest BCUT2D eigenvalue weighted by molar-refractivity contribution is 0.476. The largest absolute Gasteiger partial charge is 0.457 e. The quantitative estimate of drug-likeness (QED) is 0.635. The zero-order chi connectivity index (χ0) is 11.9. The second-order valence-electron chi connectivity index (χ2n) is 5.32. The summed E-state index contributed by atoms with van der Waals surface area (Å²) in [4.78, 5) is 0. The van der Waals surface area contributed by atoms with Crippen LogP contribution in [0.3, 0.4) is 0 Å². The number of benzene rings is 2. The molecule has 18 heavy (non-hydrogen) atoms. The van der Waals surface area contributed by atoms with Crippen LogP contribution in [0.1, 0.15) is 42.2 Å². The van der Waals surface area contributed by atoms with Crippen LogP contribution >= 0.6 is 0 Å². The number of hydrogen-bond acceptors (Lipinski definition) is 1. The summed E-state index contributed by atoms with van der Waals surface area (Å²) < 4.78 is 6.14. The van der Waals surface area contributed by atoms with Crippen LogP contribution in [0.2, 0.25) is 0 Å². The van der Waals surface area contributed by atoms with Crippen molar-refractivity contribution in [3.63, 3.8) is 0 Å². The van der Waals surface area contributed by atoms with Crippen LogP contribution in [0, 0.1) is 0 Å². The molecule has 0 spiro atoms. The highest BCUT2D eigenvalue weighted by Gasteiger charge is 2.35. The molecular weight excluding hydrogens is 220 g/mol. The van der Waals surface area contributed by atoms with E-state index in [1.807, 2.05) is 0 Å². The summed E-state index contributed by atoms with van der Waals surface area (Å²) in [5, 5.41) is 0. The summed E-state index contributed by atoms with van der Waals surface area (Å²) >= 11 is 0. The molecule has 2 unspecified atom stereocenters. The van der Waals surface area contributed by atoms with E-state index >= 15 is 0 Å². The van der Waals surface area contributed by atoms with Crippen LogP contribution in [0.15, 0.2) is 48.5 Å². The highest BCUT2D eigenvalue weighted by Crippen LogP contribution is 2.53. The fraction of sp³-hybridized carbons (Fsp3) is 0.294. The second-order valence-corrected chi connectivity index (χ2v) is 5.32. The Balaban J connectivity index is 1.95. The maximum absolute atomic E-state index is 6.14. The summed E-state index contributed by atoms with van der Waals surface area (Å²) in [6.45, 7) is 0. The number of ether oxygens (including phenoxy) is 1. The molecule has 2 aliphatic rings. The Kier molecular flexibility index (Phi) is 2.19. The molecule has 0 bridgehead atoms. The second kappa shape index (κ2) is 3.88. The van der Waals surface area contributed by atoms with Gasteiger partial charge in [-0.05, 0) is 47.9 Å². The molecule has 0 radical (unpaired) electrons. The van der Waals surface area contributed by atoms with Gasteiger partial charge in [0.05, 0.1) is 0 Å². The molecular formula is C17H16O. The van der Waals surface area contributed by atoms with Crippen molar-refractivity contribution in [1.29, 1.82) is 0 Å². The summed E-state index contributed by atoms with van der Waals surface area (Å²) in [6.07, 6.45) is 3.91. The van der Waals surface area contributed by atoms with Crippen molar-refractivity contribution in [2.24, 2.45) is 0 Å². The maximum atomic E-state index is 6.14. The van der Waals surface area contributed by atoms with E-state index < -0.39 is 0 Å². The molecule has 1 aliphatic heterocycles. The molecule has 1 heterocycles. The monoisotopic (exact) mass is 236 g/mol. The minimum atomic E-state index is 0.643. The number of rotatable bonds is 0. The number of para-hydroxylation sites is 2. The molecule has 0 amide bonds. The van der Waals surface area contributed by atoms with Crippen LogP contribution in [-0.4, -0.2) is 0 Å². The molecule has 0 saturated heterocycles. The van der Waals surface area contributed by atoms with Gasteiger partial charge in [0.2, 0.25) is 0 Å². The molecule has 1 aliphatic carbocycles. The van der Waals surface area contributed by atoms with Gasteiger partial charge in [-0.1, -0.05) is 42.8 Å². The van der Waals surface area contributed by atoms with Gasteiger partial charge in [-0.15, -0.1) is 0 Å². The Hall–Kier alpha value is -1.76. The van der Waals surface area contributed by atoms with Crippen molar-refractivity contribution in [2.45, 2.75) is 31.1 Å². The lowest BCUT2D eigenvalue weighted by atomic mass is 9.84. The van der Waals surface area contributed by atoms with E-state index in [1.165, 1.54) is 30.4 Å². The van der Waals surface area contributed by atoms with Crippen LogP contribution < -0.4 is 4.74 Å². The maximum Gasteiger partial charge on any atom is 0.130 e. The standard InChI is InChI=1S/C17H16O/c1-3-10-16-14(6-1)12-8-5-9-13(12)15-7-2-4-11-17(15)18-16/h1-4,6-7,10-13H,5,8-9H2. The Morgan fingerprint density at radius 1 is 0.722 bits per heavy atom. The van der Waals surface area contributed by atoms with Crippen molar-refractivity contribution in [1.82, 2.24) is 0 Å². The third kappa shape index (κ3) is 1.40. The van der Waals surface area contributed by atoms with Crippen molar-refractivity contribution < 1.29 is 4.74 Å². The fourth-order valence-corrected chi connectivity index (χ4v) is 3.58.